The standard InChI is InChI=1S/C54H36N4/c1-3-15-39(16-4-1)53-54(56-49-23-11-10-22-48(49)55-53)40-28-33-44(34-29-40)57(42-18-5-2-6-19-42)43-31-26-37(27-32-43)41-30-35-52-47(36-41)46-21-9-12-24-51(46)58(52)50-25-13-17-38-14-7-8-20-45(38)50/h1-36H. The van der Waals surface area contributed by atoms with Crippen LogP contribution in [0.25, 0.3) is 82.9 Å². The average Bonchev–Trinajstić information content (AvgIpc) is 3.63. The molecule has 0 aliphatic rings. The molecule has 4 heteroatoms. The van der Waals surface area contributed by atoms with Crippen LogP contribution in [0.5, 0.6) is 0 Å². The van der Waals surface area contributed by atoms with Gasteiger partial charge in [0.15, 0.2) is 0 Å². The lowest BCUT2D eigenvalue weighted by molar-refractivity contribution is 1.20. The van der Waals surface area contributed by atoms with Crippen molar-refractivity contribution in [3.63, 3.8) is 0 Å². The lowest BCUT2D eigenvalue weighted by Crippen LogP contribution is -2.09. The van der Waals surface area contributed by atoms with E-state index in [0.717, 1.165) is 50.6 Å². The molecule has 0 atom stereocenters. The Labute approximate surface area is 336 Å². The summed E-state index contributed by atoms with van der Waals surface area (Å²) in [5, 5.41) is 4.96. The Bertz CT molecular complexity index is 3260. The summed E-state index contributed by atoms with van der Waals surface area (Å²) < 4.78 is 2.41. The second-order valence-electron chi connectivity index (χ2n) is 14.6. The highest BCUT2D eigenvalue weighted by molar-refractivity contribution is 6.11. The first-order valence-corrected chi connectivity index (χ1v) is 19.7. The molecule has 0 aliphatic heterocycles. The zero-order chi connectivity index (χ0) is 38.4. The summed E-state index contributed by atoms with van der Waals surface area (Å²) >= 11 is 0. The molecule has 0 unspecified atom stereocenters. The Morgan fingerprint density at radius 2 is 0.828 bits per heavy atom. The maximum atomic E-state index is 5.14. The molecule has 0 spiro atoms. The third-order valence-electron chi connectivity index (χ3n) is 11.2. The molecule has 4 nitrogen and oxygen atoms in total. The summed E-state index contributed by atoms with van der Waals surface area (Å²) in [6.07, 6.45) is 0. The fourth-order valence-corrected chi connectivity index (χ4v) is 8.41. The van der Waals surface area contributed by atoms with Crippen molar-refractivity contribution < 1.29 is 0 Å². The van der Waals surface area contributed by atoms with E-state index in [2.05, 4.69) is 185 Å². The van der Waals surface area contributed by atoms with Gasteiger partial charge in [0, 0.05) is 44.3 Å². The van der Waals surface area contributed by atoms with Crippen LogP contribution < -0.4 is 4.90 Å². The molecule has 11 aromatic rings. The number of hydrogen-bond acceptors (Lipinski definition) is 3. The van der Waals surface area contributed by atoms with E-state index >= 15 is 0 Å². The highest BCUT2D eigenvalue weighted by Gasteiger charge is 2.18. The first-order chi connectivity index (χ1) is 28.8. The minimum absolute atomic E-state index is 0.865. The Balaban J connectivity index is 0.971. The summed E-state index contributed by atoms with van der Waals surface area (Å²) in [4.78, 5) is 12.5. The van der Waals surface area contributed by atoms with Crippen molar-refractivity contribution in [2.75, 3.05) is 4.90 Å². The third kappa shape index (κ3) is 5.78. The molecule has 0 radical (unpaired) electrons. The van der Waals surface area contributed by atoms with Gasteiger partial charge < -0.3 is 9.47 Å². The number of anilines is 3. The number of fused-ring (bicyclic) bond motifs is 5. The fourth-order valence-electron chi connectivity index (χ4n) is 8.41. The molecule has 272 valence electrons. The van der Waals surface area contributed by atoms with Gasteiger partial charge in [0.1, 0.15) is 0 Å². The van der Waals surface area contributed by atoms with Crippen molar-refractivity contribution in [2.45, 2.75) is 0 Å². The van der Waals surface area contributed by atoms with E-state index in [9.17, 15) is 0 Å². The summed E-state index contributed by atoms with van der Waals surface area (Å²) in [6.45, 7) is 0. The van der Waals surface area contributed by atoms with Crippen molar-refractivity contribution in [1.29, 1.82) is 0 Å². The van der Waals surface area contributed by atoms with Gasteiger partial charge in [-0.05, 0) is 89.3 Å². The summed E-state index contributed by atoms with van der Waals surface area (Å²) in [6, 6.07) is 77.4. The Kier molecular flexibility index (Phi) is 8.11. The van der Waals surface area contributed by atoms with Gasteiger partial charge >= 0.3 is 0 Å². The van der Waals surface area contributed by atoms with Gasteiger partial charge in [0.2, 0.25) is 0 Å². The van der Waals surface area contributed by atoms with Gasteiger partial charge in [-0.25, -0.2) is 9.97 Å². The molecule has 2 heterocycles. The number of nitrogens with zero attached hydrogens (tertiary/aromatic N) is 4. The zero-order valence-electron chi connectivity index (χ0n) is 31.6. The number of hydrogen-bond donors (Lipinski definition) is 0. The van der Waals surface area contributed by atoms with E-state index in [1.807, 2.05) is 42.5 Å². The third-order valence-corrected chi connectivity index (χ3v) is 11.2. The minimum Gasteiger partial charge on any atom is -0.311 e. The van der Waals surface area contributed by atoms with Gasteiger partial charge in [-0.1, -0.05) is 146 Å². The van der Waals surface area contributed by atoms with E-state index in [0.29, 0.717) is 0 Å². The van der Waals surface area contributed by atoms with Crippen LogP contribution in [-0.4, -0.2) is 14.5 Å². The van der Waals surface area contributed by atoms with Crippen molar-refractivity contribution in [1.82, 2.24) is 14.5 Å². The fraction of sp³-hybridized carbons (Fsp3) is 0. The highest BCUT2D eigenvalue weighted by Crippen LogP contribution is 2.40. The smallest absolute Gasteiger partial charge is 0.0973 e. The Morgan fingerprint density at radius 3 is 1.53 bits per heavy atom. The summed E-state index contributed by atoms with van der Waals surface area (Å²) in [5.41, 5.74) is 14.7. The van der Waals surface area contributed by atoms with Gasteiger partial charge in [-0.15, -0.1) is 0 Å². The molecule has 11 rings (SSSR count). The average molecular weight is 741 g/mol. The second kappa shape index (κ2) is 14.0. The number of para-hydroxylation sites is 4. The molecule has 0 bridgehead atoms. The number of aromatic nitrogens is 3. The minimum atomic E-state index is 0.865. The molecular weight excluding hydrogens is 705 g/mol. The molecular formula is C54H36N4. The molecule has 0 aliphatic carbocycles. The summed E-state index contributed by atoms with van der Waals surface area (Å²) in [5.74, 6) is 0. The first-order valence-electron chi connectivity index (χ1n) is 19.7. The van der Waals surface area contributed by atoms with Gasteiger partial charge in [-0.3, -0.25) is 0 Å². The molecule has 2 aromatic heterocycles. The van der Waals surface area contributed by atoms with Crippen LogP contribution in [0.2, 0.25) is 0 Å². The van der Waals surface area contributed by atoms with Crippen LogP contribution in [0.3, 0.4) is 0 Å². The highest BCUT2D eigenvalue weighted by atomic mass is 15.1. The van der Waals surface area contributed by atoms with Crippen LogP contribution >= 0.6 is 0 Å². The topological polar surface area (TPSA) is 34.0 Å². The van der Waals surface area contributed by atoms with Crippen LogP contribution in [-0.2, 0) is 0 Å². The van der Waals surface area contributed by atoms with Crippen molar-refractivity contribution in [2.24, 2.45) is 0 Å². The normalized spacial score (nSPS) is 11.4. The van der Waals surface area contributed by atoms with E-state index in [-0.39, 0.29) is 0 Å². The van der Waals surface area contributed by atoms with Crippen LogP contribution in [0, 0.1) is 0 Å². The quantitative estimate of drug-likeness (QED) is 0.163. The molecule has 0 saturated heterocycles. The van der Waals surface area contributed by atoms with E-state index < -0.39 is 0 Å². The maximum Gasteiger partial charge on any atom is 0.0973 e. The van der Waals surface area contributed by atoms with Crippen LogP contribution in [0.4, 0.5) is 17.1 Å². The zero-order valence-corrected chi connectivity index (χ0v) is 31.6. The van der Waals surface area contributed by atoms with Gasteiger partial charge in [-0.2, -0.15) is 0 Å². The largest absolute Gasteiger partial charge is 0.311 e. The van der Waals surface area contributed by atoms with Crippen molar-refractivity contribution >= 4 is 60.7 Å². The predicted molar refractivity (Wildman–Crippen MR) is 242 cm³/mol. The number of rotatable bonds is 7. The molecule has 0 saturated carbocycles. The maximum absolute atomic E-state index is 5.14. The Morgan fingerprint density at radius 1 is 0.328 bits per heavy atom. The predicted octanol–water partition coefficient (Wildman–Crippen LogP) is 14.4. The molecule has 0 amide bonds. The first kappa shape index (κ1) is 33.5. The van der Waals surface area contributed by atoms with Crippen molar-refractivity contribution in [3.8, 4) is 39.3 Å². The van der Waals surface area contributed by atoms with Crippen LogP contribution in [0.1, 0.15) is 0 Å². The monoisotopic (exact) mass is 740 g/mol. The number of benzene rings is 9. The van der Waals surface area contributed by atoms with Gasteiger partial charge in [0.25, 0.3) is 0 Å². The molecule has 0 fully saturated rings. The van der Waals surface area contributed by atoms with E-state index in [4.69, 9.17) is 9.97 Å². The lowest BCUT2D eigenvalue weighted by Gasteiger charge is -2.26. The Hall–Kier alpha value is -7.82. The van der Waals surface area contributed by atoms with E-state index in [1.54, 1.807) is 0 Å². The molecule has 58 heavy (non-hydrogen) atoms. The molecule has 0 N–H and O–H groups in total. The lowest BCUT2D eigenvalue weighted by atomic mass is 10.0. The molecule has 9 aromatic carbocycles. The van der Waals surface area contributed by atoms with Crippen LogP contribution in [0.15, 0.2) is 218 Å². The van der Waals surface area contributed by atoms with E-state index in [1.165, 1.54) is 49.4 Å². The second-order valence-corrected chi connectivity index (χ2v) is 14.6. The van der Waals surface area contributed by atoms with Gasteiger partial charge in [0.05, 0.1) is 39.1 Å². The van der Waals surface area contributed by atoms with Crippen molar-refractivity contribution in [3.05, 3.63) is 218 Å². The SMILES string of the molecule is c1ccc(-c2nc3ccccc3nc2-c2ccc(N(c3ccccc3)c3ccc(-c4ccc5c(c4)c4ccccc4n5-c4cccc5ccccc45)cc3)cc2)cc1. The summed E-state index contributed by atoms with van der Waals surface area (Å²) in [7, 11) is 0.